The lowest BCUT2D eigenvalue weighted by Crippen LogP contribution is -2.47. The molecule has 0 bridgehead atoms. The fourth-order valence-corrected chi connectivity index (χ4v) is 3.90. The molecule has 1 fully saturated rings. The number of aromatic nitrogens is 4. The number of urea groups is 1. The summed E-state index contributed by atoms with van der Waals surface area (Å²) in [5.74, 6) is -0.892. The summed E-state index contributed by atoms with van der Waals surface area (Å²) < 4.78 is 42.0. The molecule has 0 spiro atoms. The van der Waals surface area contributed by atoms with Crippen LogP contribution in [0.25, 0.3) is 5.69 Å². The molecule has 1 aliphatic carbocycles. The number of tetrazole rings is 1. The minimum absolute atomic E-state index is 0.0705. The van der Waals surface area contributed by atoms with Crippen LogP contribution in [0.2, 0.25) is 0 Å². The number of ether oxygens (including phenoxy) is 1. The third-order valence-electron chi connectivity index (χ3n) is 4.58. The quantitative estimate of drug-likeness (QED) is 0.640. The van der Waals surface area contributed by atoms with Crippen LogP contribution in [0.1, 0.15) is 39.0 Å². The normalized spacial score (nSPS) is 15.9. The van der Waals surface area contributed by atoms with Crippen molar-refractivity contribution in [1.29, 1.82) is 0 Å². The van der Waals surface area contributed by atoms with Crippen LogP contribution in [0.5, 0.6) is 5.75 Å². The van der Waals surface area contributed by atoms with E-state index in [0.717, 1.165) is 56.0 Å². The maximum absolute atomic E-state index is 12.4. The van der Waals surface area contributed by atoms with Crippen molar-refractivity contribution in [3.63, 3.8) is 0 Å². The molecule has 1 aliphatic rings. The van der Waals surface area contributed by atoms with Gasteiger partial charge in [-0.15, -0.1) is 18.3 Å². The first-order chi connectivity index (χ1) is 14.7. The van der Waals surface area contributed by atoms with Crippen molar-refractivity contribution in [3.05, 3.63) is 24.3 Å². The molecular formula is C18H21F3N6O3S. The van der Waals surface area contributed by atoms with Crippen molar-refractivity contribution in [2.75, 3.05) is 0 Å². The first-order valence-corrected chi connectivity index (χ1v) is 10.5. The second-order valence-corrected chi connectivity index (χ2v) is 8.28. The summed E-state index contributed by atoms with van der Waals surface area (Å²) in [7, 11) is 0. The van der Waals surface area contributed by atoms with Crippen LogP contribution in [0.4, 0.5) is 18.0 Å². The van der Waals surface area contributed by atoms with Gasteiger partial charge in [0.2, 0.25) is 11.1 Å². The highest BCUT2D eigenvalue weighted by atomic mass is 32.2. The Morgan fingerprint density at radius 3 is 2.52 bits per heavy atom. The number of carbonyl (C=O) groups excluding carboxylic acids is 2. The molecule has 1 atom stereocenters. The Morgan fingerprint density at radius 2 is 1.87 bits per heavy atom. The summed E-state index contributed by atoms with van der Waals surface area (Å²) in [6.45, 7) is 1.59. The number of thioether (sulfide) groups is 1. The summed E-state index contributed by atoms with van der Waals surface area (Å²) >= 11 is 1.01. The predicted molar refractivity (Wildman–Crippen MR) is 105 cm³/mol. The van der Waals surface area contributed by atoms with E-state index in [-0.39, 0.29) is 16.9 Å². The molecule has 2 aromatic rings. The Labute approximate surface area is 180 Å². The average molecular weight is 458 g/mol. The van der Waals surface area contributed by atoms with Gasteiger partial charge in [0.25, 0.3) is 0 Å². The zero-order valence-corrected chi connectivity index (χ0v) is 17.4. The Kier molecular flexibility index (Phi) is 7.36. The molecule has 0 radical (unpaired) electrons. The summed E-state index contributed by atoms with van der Waals surface area (Å²) in [5, 5.41) is 15.9. The molecule has 13 heteroatoms. The number of hydrogen-bond donors (Lipinski definition) is 2. The Morgan fingerprint density at radius 1 is 1.19 bits per heavy atom. The number of amides is 3. The fourth-order valence-electron chi connectivity index (χ4n) is 3.10. The minimum atomic E-state index is -4.79. The number of nitrogens with zero attached hydrogens (tertiary/aromatic N) is 4. The van der Waals surface area contributed by atoms with Gasteiger partial charge in [-0.2, -0.15) is 4.68 Å². The third kappa shape index (κ3) is 6.84. The Bertz CT molecular complexity index is 900. The topological polar surface area (TPSA) is 111 Å². The highest BCUT2D eigenvalue weighted by Gasteiger charge is 2.31. The second-order valence-electron chi connectivity index (χ2n) is 6.97. The van der Waals surface area contributed by atoms with Gasteiger partial charge in [0.15, 0.2) is 0 Å². The molecule has 1 aromatic heterocycles. The number of alkyl halides is 3. The molecule has 0 saturated heterocycles. The SMILES string of the molecule is C[C@H](Sc1nnnn1-c1ccc(OC(F)(F)F)cc1)C(=O)NC(=O)NC1CCCCC1. The molecular weight excluding hydrogens is 437 g/mol. The van der Waals surface area contributed by atoms with Crippen LogP contribution in [0, 0.1) is 0 Å². The number of benzene rings is 1. The van der Waals surface area contributed by atoms with Gasteiger partial charge in [0.1, 0.15) is 5.75 Å². The van der Waals surface area contributed by atoms with E-state index >= 15 is 0 Å². The van der Waals surface area contributed by atoms with Gasteiger partial charge in [-0.05, 0) is 54.5 Å². The number of carbonyl (C=O) groups is 2. The lowest BCUT2D eigenvalue weighted by atomic mass is 9.96. The van der Waals surface area contributed by atoms with Gasteiger partial charge in [0.05, 0.1) is 10.9 Å². The van der Waals surface area contributed by atoms with Gasteiger partial charge < -0.3 is 10.1 Å². The predicted octanol–water partition coefficient (Wildman–Crippen LogP) is 3.20. The van der Waals surface area contributed by atoms with E-state index in [4.69, 9.17) is 0 Å². The third-order valence-corrected chi connectivity index (χ3v) is 5.62. The molecule has 3 amide bonds. The molecule has 2 N–H and O–H groups in total. The van der Waals surface area contributed by atoms with Crippen LogP contribution in [-0.2, 0) is 4.79 Å². The summed E-state index contributed by atoms with van der Waals surface area (Å²) in [6, 6.07) is 4.49. The smallest absolute Gasteiger partial charge is 0.406 e. The molecule has 1 heterocycles. The lowest BCUT2D eigenvalue weighted by molar-refractivity contribution is -0.274. The lowest BCUT2D eigenvalue weighted by Gasteiger charge is -2.23. The zero-order chi connectivity index (χ0) is 22.4. The van der Waals surface area contributed by atoms with Crippen molar-refractivity contribution < 1.29 is 27.5 Å². The molecule has 3 rings (SSSR count). The molecule has 0 unspecified atom stereocenters. The van der Waals surface area contributed by atoms with Gasteiger partial charge in [-0.3, -0.25) is 10.1 Å². The van der Waals surface area contributed by atoms with E-state index in [1.54, 1.807) is 6.92 Å². The first-order valence-electron chi connectivity index (χ1n) is 9.64. The molecule has 0 aliphatic heterocycles. The number of rotatable bonds is 6. The molecule has 1 aromatic carbocycles. The number of nitrogens with one attached hydrogen (secondary N) is 2. The zero-order valence-electron chi connectivity index (χ0n) is 16.6. The van der Waals surface area contributed by atoms with Crippen LogP contribution in [-0.4, -0.2) is 49.8 Å². The summed E-state index contributed by atoms with van der Waals surface area (Å²) in [6.07, 6.45) is 0.262. The molecule has 168 valence electrons. The summed E-state index contributed by atoms with van der Waals surface area (Å²) in [5.41, 5.74) is 0.379. The highest BCUT2D eigenvalue weighted by Crippen LogP contribution is 2.26. The standard InChI is InChI=1S/C18H21F3N6O3S/c1-11(15(28)23-16(29)22-12-5-3-2-4-6-12)31-17-24-25-26-27(17)13-7-9-14(10-8-13)30-18(19,20)21/h7-12H,2-6H2,1H3,(H2,22,23,28,29)/t11-/m0/s1. The van der Waals surface area contributed by atoms with Crippen molar-refractivity contribution in [3.8, 4) is 11.4 Å². The van der Waals surface area contributed by atoms with Crippen LogP contribution >= 0.6 is 11.8 Å². The number of imide groups is 1. The molecule has 9 nitrogen and oxygen atoms in total. The van der Waals surface area contributed by atoms with Crippen molar-refractivity contribution in [1.82, 2.24) is 30.8 Å². The van der Waals surface area contributed by atoms with Crippen molar-refractivity contribution >= 4 is 23.7 Å². The van der Waals surface area contributed by atoms with Gasteiger partial charge in [-0.25, -0.2) is 4.79 Å². The first kappa shape index (κ1) is 22.8. The Balaban J connectivity index is 1.57. The van der Waals surface area contributed by atoms with Gasteiger partial charge in [0, 0.05) is 6.04 Å². The number of halogens is 3. The fraction of sp³-hybridized carbons (Fsp3) is 0.500. The summed E-state index contributed by atoms with van der Waals surface area (Å²) in [4.78, 5) is 24.4. The van der Waals surface area contributed by atoms with Crippen LogP contribution in [0.3, 0.4) is 0 Å². The largest absolute Gasteiger partial charge is 0.573 e. The van der Waals surface area contributed by atoms with E-state index in [1.165, 1.54) is 16.8 Å². The maximum atomic E-state index is 12.4. The van der Waals surface area contributed by atoms with E-state index in [1.807, 2.05) is 0 Å². The minimum Gasteiger partial charge on any atom is -0.406 e. The molecule has 1 saturated carbocycles. The maximum Gasteiger partial charge on any atom is 0.573 e. The monoisotopic (exact) mass is 458 g/mol. The van der Waals surface area contributed by atoms with Gasteiger partial charge in [-0.1, -0.05) is 31.0 Å². The van der Waals surface area contributed by atoms with Crippen LogP contribution in [0.15, 0.2) is 29.4 Å². The van der Waals surface area contributed by atoms with E-state index in [9.17, 15) is 22.8 Å². The van der Waals surface area contributed by atoms with E-state index < -0.39 is 23.6 Å². The van der Waals surface area contributed by atoms with Gasteiger partial charge >= 0.3 is 12.4 Å². The average Bonchev–Trinajstić information content (AvgIpc) is 3.16. The van der Waals surface area contributed by atoms with Crippen molar-refractivity contribution in [2.24, 2.45) is 0 Å². The Hall–Kier alpha value is -2.83. The van der Waals surface area contributed by atoms with E-state index in [0.29, 0.717) is 5.69 Å². The highest BCUT2D eigenvalue weighted by molar-refractivity contribution is 8.00. The molecule has 31 heavy (non-hydrogen) atoms. The van der Waals surface area contributed by atoms with Crippen LogP contribution < -0.4 is 15.4 Å². The van der Waals surface area contributed by atoms with E-state index in [2.05, 4.69) is 30.9 Å². The van der Waals surface area contributed by atoms with Crippen molar-refractivity contribution in [2.45, 2.75) is 61.8 Å². The second kappa shape index (κ2) is 9.98. The number of hydrogen-bond acceptors (Lipinski definition) is 7.